The number of halogens is 3. The molecule has 1 aromatic carbocycles. The molecular weight excluding hydrogens is 341 g/mol. The summed E-state index contributed by atoms with van der Waals surface area (Å²) in [6.45, 7) is 1.17. The normalized spacial score (nSPS) is 11.9. The first-order chi connectivity index (χ1) is 11.7. The van der Waals surface area contributed by atoms with E-state index in [2.05, 4.69) is 5.10 Å². The number of nitrogens with zero attached hydrogens (tertiary/aromatic N) is 2. The molecule has 3 rings (SSSR count). The molecule has 132 valence electrons. The third-order valence-electron chi connectivity index (χ3n) is 3.62. The van der Waals surface area contributed by atoms with Gasteiger partial charge in [-0.25, -0.2) is 4.79 Å². The van der Waals surface area contributed by atoms with Crippen molar-refractivity contribution in [3.8, 4) is 5.75 Å². The van der Waals surface area contributed by atoms with Crippen molar-refractivity contribution in [2.24, 2.45) is 7.05 Å². The third-order valence-corrected chi connectivity index (χ3v) is 3.62. The molecule has 0 aliphatic carbocycles. The van der Waals surface area contributed by atoms with Crippen molar-refractivity contribution >= 4 is 16.9 Å². The van der Waals surface area contributed by atoms with Crippen LogP contribution in [0, 0.1) is 6.92 Å². The Kier molecular flexibility index (Phi) is 3.94. The smallest absolute Gasteiger partial charge is 0.435 e. The summed E-state index contributed by atoms with van der Waals surface area (Å²) in [7, 11) is 1.39. The number of furan rings is 1. The highest BCUT2D eigenvalue weighted by Gasteiger charge is 2.37. The van der Waals surface area contributed by atoms with Crippen molar-refractivity contribution < 1.29 is 32.2 Å². The van der Waals surface area contributed by atoms with Gasteiger partial charge in [-0.2, -0.15) is 18.3 Å². The van der Waals surface area contributed by atoms with E-state index in [0.29, 0.717) is 11.0 Å². The van der Waals surface area contributed by atoms with E-state index in [1.54, 1.807) is 0 Å². The molecule has 6 nitrogen and oxygen atoms in total. The molecule has 0 atom stereocenters. The van der Waals surface area contributed by atoms with Gasteiger partial charge in [0.2, 0.25) is 0 Å². The number of benzene rings is 1. The maximum Gasteiger partial charge on any atom is 0.435 e. The number of carboxylic acids is 1. The Morgan fingerprint density at radius 2 is 2.12 bits per heavy atom. The minimum atomic E-state index is -4.58. The molecule has 0 amide bonds. The van der Waals surface area contributed by atoms with E-state index in [0.717, 1.165) is 4.68 Å². The molecule has 0 radical (unpaired) electrons. The lowest BCUT2D eigenvalue weighted by Crippen LogP contribution is -2.10. The topological polar surface area (TPSA) is 77.5 Å². The van der Waals surface area contributed by atoms with E-state index in [-0.39, 0.29) is 29.2 Å². The monoisotopic (exact) mass is 354 g/mol. The molecule has 0 spiro atoms. The van der Waals surface area contributed by atoms with Gasteiger partial charge in [0.05, 0.1) is 0 Å². The molecule has 0 saturated heterocycles. The first kappa shape index (κ1) is 16.9. The van der Waals surface area contributed by atoms with Gasteiger partial charge in [0.1, 0.15) is 29.3 Å². The van der Waals surface area contributed by atoms with E-state index in [1.807, 2.05) is 0 Å². The predicted molar refractivity (Wildman–Crippen MR) is 80.5 cm³/mol. The molecule has 25 heavy (non-hydrogen) atoms. The Morgan fingerprint density at radius 1 is 1.40 bits per heavy atom. The van der Waals surface area contributed by atoms with Gasteiger partial charge in [-0.1, -0.05) is 0 Å². The number of aromatic carboxylic acids is 1. The van der Waals surface area contributed by atoms with Crippen molar-refractivity contribution in [3.05, 3.63) is 47.0 Å². The molecular formula is C16H13F3N2O4. The fourth-order valence-corrected chi connectivity index (χ4v) is 2.60. The summed E-state index contributed by atoms with van der Waals surface area (Å²) in [6, 6.07) is 4.44. The Hall–Kier alpha value is -2.97. The first-order valence-electron chi connectivity index (χ1n) is 7.16. The van der Waals surface area contributed by atoms with Gasteiger partial charge in [-0.3, -0.25) is 4.68 Å². The van der Waals surface area contributed by atoms with Crippen molar-refractivity contribution in [3.63, 3.8) is 0 Å². The maximum atomic E-state index is 12.9. The zero-order valence-electron chi connectivity index (χ0n) is 13.2. The average molecular weight is 354 g/mol. The highest BCUT2D eigenvalue weighted by atomic mass is 19.4. The van der Waals surface area contributed by atoms with Gasteiger partial charge in [0.15, 0.2) is 5.69 Å². The lowest BCUT2D eigenvalue weighted by atomic mass is 10.1. The third kappa shape index (κ3) is 3.17. The molecule has 3 aromatic rings. The summed E-state index contributed by atoms with van der Waals surface area (Å²) < 4.78 is 50.6. The van der Waals surface area contributed by atoms with Crippen LogP contribution < -0.4 is 4.74 Å². The number of rotatable bonds is 4. The number of alkyl halides is 3. The Balaban J connectivity index is 1.90. The van der Waals surface area contributed by atoms with E-state index < -0.39 is 17.8 Å². The van der Waals surface area contributed by atoms with Crippen LogP contribution in [0.15, 0.2) is 28.8 Å². The van der Waals surface area contributed by atoms with Crippen LogP contribution >= 0.6 is 0 Å². The molecule has 0 bridgehead atoms. The lowest BCUT2D eigenvalue weighted by Gasteiger charge is -2.08. The number of hydrogen-bond acceptors (Lipinski definition) is 4. The number of aryl methyl sites for hydroxylation is 2. The van der Waals surface area contributed by atoms with Gasteiger partial charge in [-0.05, 0) is 25.1 Å². The van der Waals surface area contributed by atoms with Crippen LogP contribution in [0.25, 0.3) is 11.0 Å². The number of carboxylic acid groups (broad SMARTS) is 1. The van der Waals surface area contributed by atoms with Crippen molar-refractivity contribution in [2.45, 2.75) is 19.7 Å². The summed E-state index contributed by atoms with van der Waals surface area (Å²) in [6.07, 6.45) is -3.35. The molecule has 0 aliphatic rings. The molecule has 9 heteroatoms. The SMILES string of the molecule is Cc1oc2ccc(OCc3cn(C)nc3C(F)(F)F)cc2c1C(=O)O. The fourth-order valence-electron chi connectivity index (χ4n) is 2.60. The van der Waals surface area contributed by atoms with E-state index in [1.165, 1.54) is 38.4 Å². The Bertz CT molecular complexity index is 956. The number of ether oxygens (including phenoxy) is 1. The zero-order chi connectivity index (χ0) is 18.4. The van der Waals surface area contributed by atoms with Crippen LogP contribution in [0.5, 0.6) is 5.75 Å². The van der Waals surface area contributed by atoms with E-state index in [4.69, 9.17) is 9.15 Å². The quantitative estimate of drug-likeness (QED) is 0.772. The maximum absolute atomic E-state index is 12.9. The first-order valence-corrected chi connectivity index (χ1v) is 7.16. The number of carbonyl (C=O) groups is 1. The number of hydrogen-bond donors (Lipinski definition) is 1. The van der Waals surface area contributed by atoms with Gasteiger partial charge in [-0.15, -0.1) is 0 Å². The van der Waals surface area contributed by atoms with Crippen LogP contribution in [0.2, 0.25) is 0 Å². The van der Waals surface area contributed by atoms with Crippen LogP contribution in [-0.4, -0.2) is 20.9 Å². The van der Waals surface area contributed by atoms with Gasteiger partial charge >= 0.3 is 12.1 Å². The predicted octanol–water partition coefficient (Wildman–Crippen LogP) is 3.77. The molecule has 2 heterocycles. The molecule has 1 N–H and O–H groups in total. The van der Waals surface area contributed by atoms with Crippen molar-refractivity contribution in [1.29, 1.82) is 0 Å². The summed E-state index contributed by atoms with van der Waals surface area (Å²) in [5, 5.41) is 13.0. The highest BCUT2D eigenvalue weighted by molar-refractivity contribution is 6.03. The molecule has 0 unspecified atom stereocenters. The molecule has 0 fully saturated rings. The Morgan fingerprint density at radius 3 is 2.76 bits per heavy atom. The van der Waals surface area contributed by atoms with Crippen LogP contribution in [-0.2, 0) is 19.8 Å². The summed E-state index contributed by atoms with van der Waals surface area (Å²) in [5.41, 5.74) is -0.768. The van der Waals surface area contributed by atoms with Crippen LogP contribution in [0.1, 0.15) is 27.4 Å². The average Bonchev–Trinajstić information content (AvgIpc) is 3.03. The number of aromatic nitrogens is 2. The lowest BCUT2D eigenvalue weighted by molar-refractivity contribution is -0.142. The summed E-state index contributed by atoms with van der Waals surface area (Å²) >= 11 is 0. The second kappa shape index (κ2) is 5.83. The largest absolute Gasteiger partial charge is 0.489 e. The van der Waals surface area contributed by atoms with Gasteiger partial charge in [0.25, 0.3) is 0 Å². The molecule has 0 aliphatic heterocycles. The second-order valence-corrected chi connectivity index (χ2v) is 5.46. The standard InChI is InChI=1S/C16H13F3N2O4/c1-8-13(15(22)23)11-5-10(3-4-12(11)25-8)24-7-9-6-21(2)20-14(9)16(17,18)19/h3-6H,7H2,1-2H3,(H,22,23). The van der Waals surface area contributed by atoms with E-state index >= 15 is 0 Å². The molecule has 0 saturated carbocycles. The van der Waals surface area contributed by atoms with Crippen LogP contribution in [0.4, 0.5) is 13.2 Å². The highest BCUT2D eigenvalue weighted by Crippen LogP contribution is 2.32. The van der Waals surface area contributed by atoms with Gasteiger partial charge in [0, 0.05) is 24.2 Å². The second-order valence-electron chi connectivity index (χ2n) is 5.46. The zero-order valence-corrected chi connectivity index (χ0v) is 13.2. The Labute approximate surface area is 139 Å². The summed E-state index contributed by atoms with van der Waals surface area (Å²) in [5.74, 6) is -0.681. The summed E-state index contributed by atoms with van der Waals surface area (Å²) in [4.78, 5) is 11.3. The van der Waals surface area contributed by atoms with Crippen LogP contribution in [0.3, 0.4) is 0 Å². The fraction of sp³-hybridized carbons (Fsp3) is 0.250. The minimum Gasteiger partial charge on any atom is -0.489 e. The van der Waals surface area contributed by atoms with E-state index in [9.17, 15) is 23.1 Å². The van der Waals surface area contributed by atoms with Gasteiger partial charge < -0.3 is 14.3 Å². The number of fused-ring (bicyclic) bond motifs is 1. The van der Waals surface area contributed by atoms with Crippen molar-refractivity contribution in [2.75, 3.05) is 0 Å². The van der Waals surface area contributed by atoms with Crippen molar-refractivity contribution in [1.82, 2.24) is 9.78 Å². The minimum absolute atomic E-state index is 0.00203. The molecule has 2 aromatic heterocycles.